The first-order valence-corrected chi connectivity index (χ1v) is 8.12. The van der Waals surface area contributed by atoms with Gasteiger partial charge in [-0.25, -0.2) is 4.79 Å². The maximum absolute atomic E-state index is 12.5. The number of fused-ring (bicyclic) bond motifs is 1. The van der Waals surface area contributed by atoms with Gasteiger partial charge in [-0.3, -0.25) is 14.8 Å². The number of aromatic amines is 2. The molecule has 130 valence electrons. The fraction of sp³-hybridized carbons (Fsp3) is 0.100. The molecular weight excluding hydrogens is 332 g/mol. The van der Waals surface area contributed by atoms with Crippen LogP contribution in [0, 0.1) is 0 Å². The predicted molar refractivity (Wildman–Crippen MR) is 97.6 cm³/mol. The summed E-state index contributed by atoms with van der Waals surface area (Å²) >= 11 is 0. The molecule has 0 bridgehead atoms. The normalized spacial score (nSPS) is 15.6. The van der Waals surface area contributed by atoms with Gasteiger partial charge in [0.2, 0.25) is 5.88 Å². The third kappa shape index (κ3) is 2.71. The molecule has 6 heteroatoms. The van der Waals surface area contributed by atoms with Crippen molar-refractivity contribution < 1.29 is 9.47 Å². The van der Waals surface area contributed by atoms with Crippen LogP contribution in [0.4, 0.5) is 0 Å². The highest BCUT2D eigenvalue weighted by molar-refractivity contribution is 5.67. The number of hydrogen-bond acceptors (Lipinski definition) is 4. The number of H-pyrrole nitrogens is 2. The first-order chi connectivity index (χ1) is 12.7. The lowest BCUT2D eigenvalue weighted by atomic mass is 9.89. The molecule has 0 saturated heterocycles. The van der Waals surface area contributed by atoms with Crippen LogP contribution in [-0.4, -0.2) is 17.1 Å². The monoisotopic (exact) mass is 348 g/mol. The molecular formula is C20H16N2O4. The van der Waals surface area contributed by atoms with E-state index in [1.165, 1.54) is 0 Å². The van der Waals surface area contributed by atoms with Gasteiger partial charge < -0.3 is 9.47 Å². The average molecular weight is 348 g/mol. The van der Waals surface area contributed by atoms with Crippen LogP contribution < -0.4 is 20.7 Å². The third-order valence-corrected chi connectivity index (χ3v) is 4.32. The van der Waals surface area contributed by atoms with Gasteiger partial charge in [-0.1, -0.05) is 48.5 Å². The van der Waals surface area contributed by atoms with Crippen molar-refractivity contribution in [2.45, 2.75) is 5.92 Å². The minimum Gasteiger partial charge on any atom is -0.496 e. The fourth-order valence-corrected chi connectivity index (χ4v) is 3.14. The molecule has 1 aliphatic rings. The highest BCUT2D eigenvalue weighted by Crippen LogP contribution is 2.40. The molecule has 3 aromatic rings. The molecule has 1 atom stereocenters. The second-order valence-corrected chi connectivity index (χ2v) is 5.87. The standard InChI is InChI=1S/C20H16N2O4/c1-25-15-10-6-5-9-13(15)14-11-16(12-7-3-2-4-8-12)26-19-17(14)18(23)21-20(24)22-19/h2-11,14H,1H3,(H2,21,22,23,24)/t14-/m1/s1. The number of nitrogens with one attached hydrogen (secondary N) is 2. The van der Waals surface area contributed by atoms with Crippen molar-refractivity contribution in [3.8, 4) is 11.6 Å². The fourth-order valence-electron chi connectivity index (χ4n) is 3.14. The van der Waals surface area contributed by atoms with E-state index in [4.69, 9.17) is 9.47 Å². The molecule has 26 heavy (non-hydrogen) atoms. The van der Waals surface area contributed by atoms with Gasteiger partial charge in [0, 0.05) is 17.0 Å². The van der Waals surface area contributed by atoms with Crippen molar-refractivity contribution in [1.29, 1.82) is 0 Å². The summed E-state index contributed by atoms with van der Waals surface area (Å²) in [6.45, 7) is 0. The Morgan fingerprint density at radius 3 is 2.46 bits per heavy atom. The lowest BCUT2D eigenvalue weighted by molar-refractivity contribution is 0.407. The largest absolute Gasteiger partial charge is 0.496 e. The van der Waals surface area contributed by atoms with E-state index in [2.05, 4.69) is 9.97 Å². The zero-order chi connectivity index (χ0) is 18.1. The summed E-state index contributed by atoms with van der Waals surface area (Å²) in [5, 5.41) is 0. The highest BCUT2D eigenvalue weighted by atomic mass is 16.5. The molecule has 2 heterocycles. The van der Waals surface area contributed by atoms with Gasteiger partial charge in [-0.05, 0) is 12.1 Å². The second-order valence-electron chi connectivity index (χ2n) is 5.87. The molecule has 1 aromatic heterocycles. The van der Waals surface area contributed by atoms with Crippen LogP contribution in [0.15, 0.2) is 70.3 Å². The number of benzene rings is 2. The number of ether oxygens (including phenoxy) is 2. The quantitative estimate of drug-likeness (QED) is 0.762. The summed E-state index contributed by atoms with van der Waals surface area (Å²) in [5.74, 6) is 0.941. The van der Waals surface area contributed by atoms with Crippen LogP contribution in [0.5, 0.6) is 11.6 Å². The van der Waals surface area contributed by atoms with Gasteiger partial charge in [0.05, 0.1) is 12.7 Å². The van der Waals surface area contributed by atoms with Gasteiger partial charge in [0.25, 0.3) is 5.56 Å². The Bertz CT molecular complexity index is 1100. The van der Waals surface area contributed by atoms with Gasteiger partial charge in [0.1, 0.15) is 11.5 Å². The number of aromatic nitrogens is 2. The Morgan fingerprint density at radius 2 is 1.69 bits per heavy atom. The zero-order valence-electron chi connectivity index (χ0n) is 14.0. The van der Waals surface area contributed by atoms with Gasteiger partial charge >= 0.3 is 5.69 Å². The Labute approximate surface area is 148 Å². The van der Waals surface area contributed by atoms with Crippen molar-refractivity contribution in [2.75, 3.05) is 7.11 Å². The Kier molecular flexibility index (Phi) is 3.93. The van der Waals surface area contributed by atoms with Crippen molar-refractivity contribution in [3.63, 3.8) is 0 Å². The number of rotatable bonds is 3. The summed E-state index contributed by atoms with van der Waals surface area (Å²) in [6, 6.07) is 17.0. The van der Waals surface area contributed by atoms with Gasteiger partial charge in [-0.2, -0.15) is 0 Å². The number of para-hydroxylation sites is 1. The first kappa shape index (κ1) is 16.0. The van der Waals surface area contributed by atoms with Crippen molar-refractivity contribution in [2.24, 2.45) is 0 Å². The molecule has 1 aliphatic heterocycles. The predicted octanol–water partition coefficient (Wildman–Crippen LogP) is 2.64. The lowest BCUT2D eigenvalue weighted by Gasteiger charge is -2.25. The van der Waals surface area contributed by atoms with Crippen molar-refractivity contribution >= 4 is 5.76 Å². The van der Waals surface area contributed by atoms with Gasteiger partial charge in [0.15, 0.2) is 0 Å². The van der Waals surface area contributed by atoms with Crippen LogP contribution in [-0.2, 0) is 0 Å². The van der Waals surface area contributed by atoms with Crippen LogP contribution in [0.25, 0.3) is 5.76 Å². The summed E-state index contributed by atoms with van der Waals surface area (Å²) in [6.07, 6.45) is 1.86. The highest BCUT2D eigenvalue weighted by Gasteiger charge is 2.29. The van der Waals surface area contributed by atoms with E-state index in [1.807, 2.05) is 60.7 Å². The molecule has 4 rings (SSSR count). The maximum Gasteiger partial charge on any atom is 0.328 e. The number of methoxy groups -OCH3 is 1. The minimum absolute atomic E-state index is 0.149. The van der Waals surface area contributed by atoms with Crippen molar-refractivity contribution in [3.05, 3.63) is 98.2 Å². The average Bonchev–Trinajstić information content (AvgIpc) is 2.67. The smallest absolute Gasteiger partial charge is 0.328 e. The summed E-state index contributed by atoms with van der Waals surface area (Å²) in [7, 11) is 1.58. The number of hydrogen-bond donors (Lipinski definition) is 2. The van der Waals surface area contributed by atoms with E-state index in [1.54, 1.807) is 7.11 Å². The topological polar surface area (TPSA) is 84.2 Å². The molecule has 2 N–H and O–H groups in total. The summed E-state index contributed by atoms with van der Waals surface area (Å²) in [4.78, 5) is 29.1. The van der Waals surface area contributed by atoms with E-state index >= 15 is 0 Å². The molecule has 0 saturated carbocycles. The van der Waals surface area contributed by atoms with Crippen LogP contribution >= 0.6 is 0 Å². The second kappa shape index (κ2) is 6.40. The van der Waals surface area contributed by atoms with Crippen LogP contribution in [0.2, 0.25) is 0 Å². The Balaban J connectivity index is 1.97. The molecule has 0 amide bonds. The van der Waals surface area contributed by atoms with Crippen molar-refractivity contribution in [1.82, 2.24) is 9.97 Å². The van der Waals surface area contributed by atoms with E-state index in [0.29, 0.717) is 17.1 Å². The Morgan fingerprint density at radius 1 is 0.962 bits per heavy atom. The zero-order valence-corrected chi connectivity index (χ0v) is 14.0. The molecule has 0 aliphatic carbocycles. The molecule has 0 unspecified atom stereocenters. The minimum atomic E-state index is -0.609. The SMILES string of the molecule is COc1ccccc1[C@H]1C=C(c2ccccc2)Oc2[nH]c(=O)[nH]c(=O)c21. The van der Waals surface area contributed by atoms with E-state index in [0.717, 1.165) is 11.1 Å². The summed E-state index contributed by atoms with van der Waals surface area (Å²) < 4.78 is 11.3. The molecule has 2 aromatic carbocycles. The third-order valence-electron chi connectivity index (χ3n) is 4.32. The Hall–Kier alpha value is -3.54. The van der Waals surface area contributed by atoms with Crippen LogP contribution in [0.3, 0.4) is 0 Å². The lowest BCUT2D eigenvalue weighted by Crippen LogP contribution is -2.30. The van der Waals surface area contributed by atoms with Crippen LogP contribution in [0.1, 0.15) is 22.6 Å². The van der Waals surface area contributed by atoms with E-state index in [9.17, 15) is 9.59 Å². The molecule has 0 spiro atoms. The maximum atomic E-state index is 12.5. The molecule has 6 nitrogen and oxygen atoms in total. The first-order valence-electron chi connectivity index (χ1n) is 8.12. The summed E-state index contributed by atoms with van der Waals surface area (Å²) in [5.41, 5.74) is 0.906. The molecule has 0 radical (unpaired) electrons. The number of allylic oxidation sites excluding steroid dienone is 1. The van der Waals surface area contributed by atoms with Gasteiger partial charge in [-0.15, -0.1) is 0 Å². The van der Waals surface area contributed by atoms with E-state index in [-0.39, 0.29) is 5.88 Å². The van der Waals surface area contributed by atoms with E-state index < -0.39 is 17.2 Å². The molecule has 0 fully saturated rings.